The Balaban J connectivity index is 0.902. The molecule has 0 atom stereocenters. The first-order valence-electron chi connectivity index (χ1n) is 26.2. The fraction of sp³-hybridized carbons (Fsp3) is 0.0833. The molecule has 16 rings (SSSR count). The van der Waals surface area contributed by atoms with Crippen molar-refractivity contribution in [2.45, 2.75) is 39.0 Å². The quantitative estimate of drug-likeness (QED) is 0.122. The summed E-state index contributed by atoms with van der Waals surface area (Å²) >= 11 is 1.91. The molecule has 348 valence electrons. The van der Waals surface area contributed by atoms with Crippen LogP contribution in [-0.2, 0) is 5.41 Å². The molecule has 2 aromatic heterocycles. The standard InChI is InChI=1S/C72H49NS/c1-41(2)42-27-32-65-61(34-42)55-30-29-54-60-37-45(26-31-64(60)72(3,4)70(54)71(55)73(65)47-18-6-5-7-19-47)68-50-22-12-14-24-52(50)69(53-25-15-13-23-51(53)68)46-28-33-66-62(38-46)63-39-58-57-36-44-17-9-8-16-43(44)35-56(57)48-20-10-11-21-49(48)59(58)40-67(63)74-66/h5-41H,1-4H3. The number of hydrogen-bond donors (Lipinski definition) is 0. The summed E-state index contributed by atoms with van der Waals surface area (Å²) in [6.45, 7) is 9.46. The van der Waals surface area contributed by atoms with E-state index in [1.54, 1.807) is 0 Å². The van der Waals surface area contributed by atoms with E-state index in [-0.39, 0.29) is 5.41 Å². The number of rotatable bonds is 4. The van der Waals surface area contributed by atoms with E-state index >= 15 is 0 Å². The zero-order valence-electron chi connectivity index (χ0n) is 41.7. The van der Waals surface area contributed by atoms with Gasteiger partial charge < -0.3 is 4.57 Å². The van der Waals surface area contributed by atoms with E-state index in [1.165, 1.54) is 162 Å². The van der Waals surface area contributed by atoms with Crippen molar-refractivity contribution in [1.82, 2.24) is 4.57 Å². The van der Waals surface area contributed by atoms with Gasteiger partial charge in [0.25, 0.3) is 0 Å². The SMILES string of the molecule is CC(C)c1ccc2c(c1)c1ccc3c(c1n2-c1ccccc1)C(C)(C)c1ccc(-c2c4ccccc4c(-c4ccc5sc6cc7c8ccccc8c8cc9ccccc9cc8c7cc6c5c4)c4ccccc24)cc1-3. The maximum absolute atomic E-state index is 2.53. The predicted molar refractivity (Wildman–Crippen MR) is 321 cm³/mol. The lowest BCUT2D eigenvalue weighted by Crippen LogP contribution is -2.16. The van der Waals surface area contributed by atoms with Gasteiger partial charge in [0.15, 0.2) is 0 Å². The molecule has 0 saturated carbocycles. The van der Waals surface area contributed by atoms with Crippen molar-refractivity contribution in [3.05, 3.63) is 235 Å². The Hall–Kier alpha value is -8.56. The van der Waals surface area contributed by atoms with Crippen LogP contribution in [0.25, 0.3) is 146 Å². The number of fused-ring (bicyclic) bond motifs is 19. The third kappa shape index (κ3) is 5.75. The van der Waals surface area contributed by atoms with Crippen LogP contribution in [0.4, 0.5) is 0 Å². The van der Waals surface area contributed by atoms with Gasteiger partial charge in [-0.05, 0) is 187 Å². The first-order valence-corrected chi connectivity index (χ1v) is 27.0. The largest absolute Gasteiger partial charge is 0.309 e. The van der Waals surface area contributed by atoms with Crippen LogP contribution in [0, 0.1) is 0 Å². The van der Waals surface area contributed by atoms with Gasteiger partial charge in [0.2, 0.25) is 0 Å². The van der Waals surface area contributed by atoms with Crippen LogP contribution in [-0.4, -0.2) is 4.57 Å². The molecule has 0 N–H and O–H groups in total. The van der Waals surface area contributed by atoms with Gasteiger partial charge in [0, 0.05) is 42.0 Å². The molecule has 0 fully saturated rings. The average Bonchev–Trinajstić information content (AvgIpc) is 4.07. The molecular weight excluding hydrogens is 911 g/mol. The minimum Gasteiger partial charge on any atom is -0.309 e. The highest BCUT2D eigenvalue weighted by Gasteiger charge is 2.39. The summed E-state index contributed by atoms with van der Waals surface area (Å²) in [6.07, 6.45) is 0. The lowest BCUT2D eigenvalue weighted by molar-refractivity contribution is 0.664. The number of benzene rings is 13. The topological polar surface area (TPSA) is 4.93 Å². The van der Waals surface area contributed by atoms with Crippen molar-refractivity contribution in [3.63, 3.8) is 0 Å². The monoisotopic (exact) mass is 959 g/mol. The lowest BCUT2D eigenvalue weighted by atomic mass is 9.80. The molecule has 0 radical (unpaired) electrons. The molecule has 0 bridgehead atoms. The van der Waals surface area contributed by atoms with Crippen LogP contribution in [0.15, 0.2) is 218 Å². The second-order valence-electron chi connectivity index (χ2n) is 21.7. The summed E-state index contributed by atoms with van der Waals surface area (Å²) in [6, 6.07) is 83.3. The summed E-state index contributed by atoms with van der Waals surface area (Å²) in [5, 5.41) is 20.8. The minimum atomic E-state index is -0.232. The maximum atomic E-state index is 2.53. The normalized spacial score (nSPS) is 13.4. The summed E-state index contributed by atoms with van der Waals surface area (Å²) in [5.41, 5.74) is 15.4. The fourth-order valence-electron chi connectivity index (χ4n) is 13.6. The van der Waals surface area contributed by atoms with Crippen LogP contribution in [0.3, 0.4) is 0 Å². The van der Waals surface area contributed by atoms with Crippen molar-refractivity contribution in [1.29, 1.82) is 0 Å². The highest BCUT2D eigenvalue weighted by atomic mass is 32.1. The maximum Gasteiger partial charge on any atom is 0.0588 e. The zero-order valence-corrected chi connectivity index (χ0v) is 42.5. The highest BCUT2D eigenvalue weighted by Crippen LogP contribution is 2.55. The summed E-state index contributed by atoms with van der Waals surface area (Å²) in [7, 11) is 0. The number of para-hydroxylation sites is 1. The summed E-state index contributed by atoms with van der Waals surface area (Å²) in [5.74, 6) is 0.445. The van der Waals surface area contributed by atoms with E-state index in [2.05, 4.69) is 251 Å². The van der Waals surface area contributed by atoms with Crippen LogP contribution >= 0.6 is 11.3 Å². The van der Waals surface area contributed by atoms with Crippen molar-refractivity contribution < 1.29 is 0 Å². The van der Waals surface area contributed by atoms with Crippen molar-refractivity contribution in [2.75, 3.05) is 0 Å². The Bertz CT molecular complexity index is 4890. The van der Waals surface area contributed by atoms with E-state index in [1.807, 2.05) is 11.3 Å². The molecule has 2 heterocycles. The molecule has 1 aliphatic carbocycles. The average molecular weight is 960 g/mol. The molecule has 1 nitrogen and oxygen atoms in total. The van der Waals surface area contributed by atoms with Gasteiger partial charge in [-0.2, -0.15) is 0 Å². The van der Waals surface area contributed by atoms with Gasteiger partial charge in [0.05, 0.1) is 11.0 Å². The van der Waals surface area contributed by atoms with Crippen LogP contribution in [0.2, 0.25) is 0 Å². The predicted octanol–water partition coefficient (Wildman–Crippen LogP) is 20.8. The minimum absolute atomic E-state index is 0.232. The second-order valence-corrected chi connectivity index (χ2v) is 22.8. The molecule has 74 heavy (non-hydrogen) atoms. The molecule has 1 aliphatic rings. The molecule has 13 aromatic carbocycles. The Morgan fingerprint density at radius 2 is 0.932 bits per heavy atom. The number of hydrogen-bond acceptors (Lipinski definition) is 1. The molecule has 0 saturated heterocycles. The zero-order chi connectivity index (χ0) is 49.1. The van der Waals surface area contributed by atoms with Crippen LogP contribution in [0.1, 0.15) is 50.3 Å². The summed E-state index contributed by atoms with van der Waals surface area (Å²) < 4.78 is 5.17. The molecule has 0 amide bonds. The van der Waals surface area contributed by atoms with Gasteiger partial charge in [-0.25, -0.2) is 0 Å². The molecular formula is C72H49NS. The van der Waals surface area contributed by atoms with Gasteiger partial charge in [0.1, 0.15) is 0 Å². The first kappa shape index (κ1) is 42.0. The van der Waals surface area contributed by atoms with E-state index in [0.29, 0.717) is 5.92 Å². The highest BCUT2D eigenvalue weighted by molar-refractivity contribution is 7.25. The van der Waals surface area contributed by atoms with Crippen LogP contribution < -0.4 is 0 Å². The molecule has 0 aliphatic heterocycles. The third-order valence-corrected chi connectivity index (χ3v) is 18.2. The van der Waals surface area contributed by atoms with Gasteiger partial charge >= 0.3 is 0 Å². The van der Waals surface area contributed by atoms with Gasteiger partial charge in [-0.3, -0.25) is 0 Å². The third-order valence-electron chi connectivity index (χ3n) is 17.0. The van der Waals surface area contributed by atoms with E-state index < -0.39 is 0 Å². The number of aromatic nitrogens is 1. The van der Waals surface area contributed by atoms with E-state index in [9.17, 15) is 0 Å². The second kappa shape index (κ2) is 15.2. The lowest BCUT2D eigenvalue weighted by Gasteiger charge is -2.24. The smallest absolute Gasteiger partial charge is 0.0588 e. The molecule has 15 aromatic rings. The Morgan fingerprint density at radius 1 is 0.378 bits per heavy atom. The molecule has 0 unspecified atom stereocenters. The van der Waals surface area contributed by atoms with Crippen molar-refractivity contribution in [2.24, 2.45) is 0 Å². The van der Waals surface area contributed by atoms with E-state index in [4.69, 9.17) is 0 Å². The molecule has 0 spiro atoms. The van der Waals surface area contributed by atoms with Gasteiger partial charge in [-0.1, -0.05) is 179 Å². The molecule has 2 heteroatoms. The Labute approximate surface area is 433 Å². The number of thiophene rings is 1. The number of nitrogens with zero attached hydrogens (tertiary/aromatic N) is 1. The summed E-state index contributed by atoms with van der Waals surface area (Å²) in [4.78, 5) is 0. The van der Waals surface area contributed by atoms with Crippen molar-refractivity contribution >= 4 is 118 Å². The van der Waals surface area contributed by atoms with Crippen LogP contribution in [0.5, 0.6) is 0 Å². The first-order chi connectivity index (χ1) is 36.3. The fourth-order valence-corrected chi connectivity index (χ4v) is 14.7. The van der Waals surface area contributed by atoms with Crippen molar-refractivity contribution in [3.8, 4) is 39.1 Å². The van der Waals surface area contributed by atoms with Gasteiger partial charge in [-0.15, -0.1) is 11.3 Å². The Morgan fingerprint density at radius 3 is 1.59 bits per heavy atom. The van der Waals surface area contributed by atoms with E-state index in [0.717, 1.165) is 0 Å². The Kier molecular flexibility index (Phi) is 8.65.